The Balaban J connectivity index is 1.53. The zero-order valence-corrected chi connectivity index (χ0v) is 16.7. The van der Waals surface area contributed by atoms with Gasteiger partial charge >= 0.3 is 6.09 Å². The first kappa shape index (κ1) is 17.9. The monoisotopic (exact) mass is 404 g/mol. The van der Waals surface area contributed by atoms with Crippen LogP contribution in [0.4, 0.5) is 4.79 Å². The van der Waals surface area contributed by atoms with Crippen molar-refractivity contribution < 1.29 is 9.53 Å². The van der Waals surface area contributed by atoms with Gasteiger partial charge in [-0.3, -0.25) is 5.10 Å². The smallest absolute Gasteiger partial charge is 0.409 e. The van der Waals surface area contributed by atoms with Gasteiger partial charge in [0.25, 0.3) is 0 Å². The van der Waals surface area contributed by atoms with E-state index in [-0.39, 0.29) is 17.9 Å². The highest BCUT2D eigenvalue weighted by molar-refractivity contribution is 7.18. The van der Waals surface area contributed by atoms with Gasteiger partial charge < -0.3 is 9.64 Å². The normalized spacial score (nSPS) is 19.0. The fourth-order valence-corrected chi connectivity index (χ4v) is 5.22. The van der Waals surface area contributed by atoms with Crippen molar-refractivity contribution >= 4 is 27.6 Å². The highest BCUT2D eigenvalue weighted by Gasteiger charge is 2.39. The summed E-state index contributed by atoms with van der Waals surface area (Å²) in [4.78, 5) is 18.9. The van der Waals surface area contributed by atoms with E-state index in [4.69, 9.17) is 9.72 Å². The van der Waals surface area contributed by atoms with Crippen molar-refractivity contribution in [2.45, 2.75) is 11.8 Å². The number of hydrogen-bond acceptors (Lipinski definition) is 5. The Morgan fingerprint density at radius 1 is 1.14 bits per heavy atom. The Kier molecular flexibility index (Phi) is 4.52. The number of likely N-dealkylation sites (tertiary alicyclic amines) is 1. The number of methoxy groups -OCH3 is 1. The van der Waals surface area contributed by atoms with E-state index in [1.54, 1.807) is 16.2 Å². The number of H-pyrrole nitrogens is 1. The number of ether oxygens (including phenoxy) is 1. The number of aromatic nitrogens is 3. The average molecular weight is 404 g/mol. The lowest BCUT2D eigenvalue weighted by Crippen LogP contribution is -2.28. The van der Waals surface area contributed by atoms with Crippen LogP contribution < -0.4 is 0 Å². The molecule has 4 aromatic rings. The Labute approximate surface area is 172 Å². The summed E-state index contributed by atoms with van der Waals surface area (Å²) in [6, 6.07) is 16.6. The zero-order valence-electron chi connectivity index (χ0n) is 15.9. The van der Waals surface area contributed by atoms with Crippen LogP contribution in [0.1, 0.15) is 22.4 Å². The third-order valence-electron chi connectivity index (χ3n) is 5.53. The number of carbonyl (C=O) groups is 1. The predicted molar refractivity (Wildman–Crippen MR) is 113 cm³/mol. The van der Waals surface area contributed by atoms with Crippen LogP contribution in [-0.4, -0.2) is 46.4 Å². The van der Waals surface area contributed by atoms with Gasteiger partial charge in [0, 0.05) is 36.7 Å². The Morgan fingerprint density at radius 3 is 2.72 bits per heavy atom. The van der Waals surface area contributed by atoms with Crippen molar-refractivity contribution in [2.24, 2.45) is 0 Å². The van der Waals surface area contributed by atoms with E-state index >= 15 is 0 Å². The first-order valence-corrected chi connectivity index (χ1v) is 10.3. The van der Waals surface area contributed by atoms with Crippen LogP contribution >= 0.6 is 11.3 Å². The second-order valence-corrected chi connectivity index (χ2v) is 8.28. The van der Waals surface area contributed by atoms with E-state index in [1.807, 2.05) is 30.6 Å². The van der Waals surface area contributed by atoms with Crippen LogP contribution in [-0.2, 0) is 4.74 Å². The van der Waals surface area contributed by atoms with Crippen molar-refractivity contribution in [3.05, 3.63) is 71.5 Å². The fourth-order valence-electron chi connectivity index (χ4n) is 4.06. The molecule has 2 aromatic heterocycles. The molecule has 1 saturated heterocycles. The molecule has 1 N–H and O–H groups in total. The number of amides is 1. The first-order chi connectivity index (χ1) is 14.2. The molecule has 3 heterocycles. The maximum absolute atomic E-state index is 12.2. The fraction of sp³-hybridized carbons (Fsp3) is 0.227. The molecule has 1 amide bonds. The van der Waals surface area contributed by atoms with E-state index in [9.17, 15) is 4.79 Å². The second-order valence-electron chi connectivity index (χ2n) is 7.22. The molecule has 0 bridgehead atoms. The third-order valence-corrected chi connectivity index (χ3v) is 6.68. The minimum Gasteiger partial charge on any atom is -0.453 e. The van der Waals surface area contributed by atoms with Gasteiger partial charge in [-0.05, 0) is 23.3 Å². The highest BCUT2D eigenvalue weighted by atomic mass is 32.1. The standard InChI is InChI=1S/C22H20N4O2S/c1-28-22(27)26-12-17(14-5-3-2-4-6-14)18(13-26)21-25-19-8-7-15(9-20(19)29-21)16-10-23-24-11-16/h2-11,17-18H,12-13H2,1H3,(H,23,24). The van der Waals surface area contributed by atoms with E-state index < -0.39 is 0 Å². The molecule has 2 unspecified atom stereocenters. The van der Waals surface area contributed by atoms with Gasteiger partial charge in [-0.25, -0.2) is 9.78 Å². The minimum atomic E-state index is -0.281. The number of carbonyl (C=O) groups excluding carboxylic acids is 1. The van der Waals surface area contributed by atoms with Crippen molar-refractivity contribution in [1.82, 2.24) is 20.1 Å². The van der Waals surface area contributed by atoms with Gasteiger partial charge in [0.1, 0.15) is 0 Å². The Hall–Kier alpha value is -3.19. The van der Waals surface area contributed by atoms with Crippen molar-refractivity contribution in [1.29, 1.82) is 0 Å². The Morgan fingerprint density at radius 2 is 1.97 bits per heavy atom. The summed E-state index contributed by atoms with van der Waals surface area (Å²) in [6.07, 6.45) is 3.43. The molecule has 1 aliphatic heterocycles. The van der Waals surface area contributed by atoms with E-state index in [2.05, 4.69) is 40.5 Å². The number of fused-ring (bicyclic) bond motifs is 1. The van der Waals surface area contributed by atoms with Crippen LogP contribution in [0.25, 0.3) is 21.3 Å². The molecule has 2 atom stereocenters. The lowest BCUT2D eigenvalue weighted by atomic mass is 9.89. The third kappa shape index (κ3) is 3.27. The van der Waals surface area contributed by atoms with Gasteiger partial charge in [-0.15, -0.1) is 11.3 Å². The average Bonchev–Trinajstić information content (AvgIpc) is 3.52. The molecular formula is C22H20N4O2S. The number of nitrogens with one attached hydrogen (secondary N) is 1. The number of rotatable bonds is 3. The highest BCUT2D eigenvalue weighted by Crippen LogP contribution is 2.42. The first-order valence-electron chi connectivity index (χ1n) is 9.50. The van der Waals surface area contributed by atoms with E-state index in [0.29, 0.717) is 13.1 Å². The molecule has 1 fully saturated rings. The number of thiazole rings is 1. The number of nitrogens with zero attached hydrogens (tertiary/aromatic N) is 3. The maximum atomic E-state index is 12.2. The van der Waals surface area contributed by atoms with Crippen LogP contribution in [0.3, 0.4) is 0 Å². The summed E-state index contributed by atoms with van der Waals surface area (Å²) in [5.74, 6) is 0.343. The van der Waals surface area contributed by atoms with Crippen LogP contribution in [0.5, 0.6) is 0 Å². The lowest BCUT2D eigenvalue weighted by Gasteiger charge is -2.16. The zero-order chi connectivity index (χ0) is 19.8. The largest absolute Gasteiger partial charge is 0.453 e. The SMILES string of the molecule is COC(=O)N1CC(c2ccccc2)C(c2nc3ccc(-c4cn[nH]c4)cc3s2)C1. The molecule has 5 rings (SSSR count). The summed E-state index contributed by atoms with van der Waals surface area (Å²) in [5.41, 5.74) is 4.38. The number of benzene rings is 2. The molecule has 0 saturated carbocycles. The van der Waals surface area contributed by atoms with Gasteiger partial charge in [-0.2, -0.15) is 5.10 Å². The summed E-state index contributed by atoms with van der Waals surface area (Å²) in [6.45, 7) is 1.25. The molecule has 0 aliphatic carbocycles. The second kappa shape index (κ2) is 7.33. The summed E-state index contributed by atoms with van der Waals surface area (Å²) < 4.78 is 6.12. The molecule has 146 valence electrons. The predicted octanol–water partition coefficient (Wildman–Crippen LogP) is 4.64. The molecule has 6 nitrogen and oxygen atoms in total. The summed E-state index contributed by atoms with van der Waals surface area (Å²) in [5, 5.41) is 7.96. The topological polar surface area (TPSA) is 71.1 Å². The number of hydrogen-bond donors (Lipinski definition) is 1. The minimum absolute atomic E-state index is 0.145. The van der Waals surface area contributed by atoms with Gasteiger partial charge in [0.15, 0.2) is 0 Å². The molecule has 29 heavy (non-hydrogen) atoms. The molecule has 0 spiro atoms. The Bertz CT molecular complexity index is 1140. The van der Waals surface area contributed by atoms with Crippen LogP contribution in [0.2, 0.25) is 0 Å². The molecular weight excluding hydrogens is 384 g/mol. The van der Waals surface area contributed by atoms with Crippen molar-refractivity contribution in [3.8, 4) is 11.1 Å². The summed E-state index contributed by atoms with van der Waals surface area (Å²) >= 11 is 1.71. The summed E-state index contributed by atoms with van der Waals surface area (Å²) in [7, 11) is 1.43. The molecule has 1 aliphatic rings. The van der Waals surface area contributed by atoms with Crippen molar-refractivity contribution in [2.75, 3.05) is 20.2 Å². The van der Waals surface area contributed by atoms with E-state index in [1.165, 1.54) is 12.7 Å². The maximum Gasteiger partial charge on any atom is 0.409 e. The molecule has 0 radical (unpaired) electrons. The lowest BCUT2D eigenvalue weighted by molar-refractivity contribution is 0.132. The van der Waals surface area contributed by atoms with Gasteiger partial charge in [0.2, 0.25) is 0 Å². The van der Waals surface area contributed by atoms with Crippen LogP contribution in [0.15, 0.2) is 60.9 Å². The van der Waals surface area contributed by atoms with Gasteiger partial charge in [-0.1, -0.05) is 36.4 Å². The molecule has 7 heteroatoms. The quantitative estimate of drug-likeness (QED) is 0.540. The van der Waals surface area contributed by atoms with Crippen LogP contribution in [0, 0.1) is 0 Å². The van der Waals surface area contributed by atoms with Gasteiger partial charge in [0.05, 0.1) is 28.5 Å². The molecule has 2 aromatic carbocycles. The number of aromatic amines is 1. The van der Waals surface area contributed by atoms with E-state index in [0.717, 1.165) is 26.4 Å². The van der Waals surface area contributed by atoms with Crippen molar-refractivity contribution in [3.63, 3.8) is 0 Å².